The van der Waals surface area contributed by atoms with E-state index in [1.807, 2.05) is 0 Å². The van der Waals surface area contributed by atoms with Gasteiger partial charge in [-0.15, -0.1) is 0 Å². The van der Waals surface area contributed by atoms with Gasteiger partial charge in [-0.05, 0) is 52.4 Å². The van der Waals surface area contributed by atoms with Gasteiger partial charge in [0, 0.05) is 0 Å². The molecule has 0 unspecified atom stereocenters. The van der Waals surface area contributed by atoms with E-state index in [2.05, 4.69) is 33.8 Å². The van der Waals surface area contributed by atoms with E-state index >= 15 is 0 Å². The Hall–Kier alpha value is -0.315. The van der Waals surface area contributed by atoms with Crippen molar-refractivity contribution >= 4 is 7.12 Å². The molecule has 0 aromatic carbocycles. The van der Waals surface area contributed by atoms with Crippen LogP contribution in [0.1, 0.15) is 47.0 Å². The zero-order chi connectivity index (χ0) is 12.3. The van der Waals surface area contributed by atoms with Gasteiger partial charge in [-0.3, -0.25) is 0 Å². The first-order valence-electron chi connectivity index (χ1n) is 6.55. The Morgan fingerprint density at radius 2 is 1.65 bits per heavy atom. The summed E-state index contributed by atoms with van der Waals surface area (Å²) in [5.74, 6) is 0. The molecule has 0 N–H and O–H groups in total. The van der Waals surface area contributed by atoms with E-state index in [4.69, 9.17) is 14.0 Å². The van der Waals surface area contributed by atoms with Gasteiger partial charge in [0.25, 0.3) is 0 Å². The summed E-state index contributed by atoms with van der Waals surface area (Å²) in [7, 11) is -0.222. The Labute approximate surface area is 104 Å². The van der Waals surface area contributed by atoms with Crippen LogP contribution in [0.15, 0.2) is 11.5 Å². The van der Waals surface area contributed by atoms with E-state index in [1.165, 1.54) is 11.9 Å². The van der Waals surface area contributed by atoms with Crippen molar-refractivity contribution in [3.05, 3.63) is 11.5 Å². The molecule has 94 valence electrons. The third-order valence-corrected chi connectivity index (χ3v) is 4.73. The Bertz CT molecular complexity index is 353. The van der Waals surface area contributed by atoms with E-state index < -0.39 is 0 Å². The van der Waals surface area contributed by atoms with Gasteiger partial charge in [-0.1, -0.05) is 6.08 Å². The molecule has 2 aliphatic heterocycles. The third-order valence-electron chi connectivity index (χ3n) is 4.73. The lowest BCUT2D eigenvalue weighted by molar-refractivity contribution is -0.0340. The topological polar surface area (TPSA) is 27.7 Å². The quantitative estimate of drug-likeness (QED) is 0.654. The second-order valence-corrected chi connectivity index (χ2v) is 6.51. The molecule has 1 spiro atoms. The van der Waals surface area contributed by atoms with Crippen molar-refractivity contribution in [2.75, 3.05) is 6.61 Å². The molecule has 3 nitrogen and oxygen atoms in total. The first kappa shape index (κ1) is 11.8. The minimum absolute atomic E-state index is 0.0267. The molecule has 0 aromatic heterocycles. The molecule has 0 bridgehead atoms. The highest BCUT2D eigenvalue weighted by Gasteiger charge is 2.54. The van der Waals surface area contributed by atoms with Gasteiger partial charge >= 0.3 is 7.12 Å². The fourth-order valence-electron chi connectivity index (χ4n) is 2.59. The Morgan fingerprint density at radius 1 is 1.06 bits per heavy atom. The smallest absolute Gasteiger partial charge is 0.400 e. The zero-order valence-corrected chi connectivity index (χ0v) is 11.2. The van der Waals surface area contributed by atoms with Crippen molar-refractivity contribution in [1.29, 1.82) is 0 Å². The van der Waals surface area contributed by atoms with Crippen LogP contribution >= 0.6 is 0 Å². The molecule has 0 radical (unpaired) electrons. The van der Waals surface area contributed by atoms with Gasteiger partial charge in [0.1, 0.15) is 0 Å². The maximum absolute atomic E-state index is 6.04. The minimum Gasteiger partial charge on any atom is -0.400 e. The first-order chi connectivity index (χ1) is 7.84. The van der Waals surface area contributed by atoms with Crippen LogP contribution in [0, 0.1) is 0 Å². The van der Waals surface area contributed by atoms with E-state index in [-0.39, 0.29) is 23.9 Å². The number of rotatable bonds is 1. The van der Waals surface area contributed by atoms with Crippen molar-refractivity contribution in [2.24, 2.45) is 0 Å². The van der Waals surface area contributed by atoms with Gasteiger partial charge in [0.2, 0.25) is 0 Å². The molecule has 17 heavy (non-hydrogen) atoms. The van der Waals surface area contributed by atoms with Gasteiger partial charge in [-0.2, -0.15) is 0 Å². The van der Waals surface area contributed by atoms with E-state index in [1.54, 1.807) is 0 Å². The predicted molar refractivity (Wildman–Crippen MR) is 66.7 cm³/mol. The van der Waals surface area contributed by atoms with Crippen molar-refractivity contribution in [3.63, 3.8) is 0 Å². The molecule has 1 aliphatic carbocycles. The number of hydrogen-bond donors (Lipinski definition) is 0. The molecule has 1 saturated carbocycles. The van der Waals surface area contributed by atoms with Crippen LogP contribution < -0.4 is 0 Å². The Balaban J connectivity index is 1.78. The monoisotopic (exact) mass is 236 g/mol. The summed E-state index contributed by atoms with van der Waals surface area (Å²) in [6, 6.07) is 0. The largest absolute Gasteiger partial charge is 0.492 e. The highest BCUT2D eigenvalue weighted by atomic mass is 16.7. The summed E-state index contributed by atoms with van der Waals surface area (Å²) in [5.41, 5.74) is 0.684. The fourth-order valence-corrected chi connectivity index (χ4v) is 2.59. The molecule has 3 aliphatic rings. The maximum atomic E-state index is 6.04. The van der Waals surface area contributed by atoms with Crippen molar-refractivity contribution in [2.45, 2.75) is 63.8 Å². The molecule has 4 heteroatoms. The molecule has 1 saturated heterocycles. The van der Waals surface area contributed by atoms with Crippen molar-refractivity contribution in [3.8, 4) is 0 Å². The number of ether oxygens (including phenoxy) is 1. The highest BCUT2D eigenvalue weighted by molar-refractivity contribution is 6.54. The predicted octanol–water partition coefficient (Wildman–Crippen LogP) is 2.50. The second kappa shape index (κ2) is 3.37. The molecule has 0 atom stereocenters. The summed E-state index contributed by atoms with van der Waals surface area (Å²) in [6.45, 7) is 9.01. The van der Waals surface area contributed by atoms with Crippen molar-refractivity contribution in [1.82, 2.24) is 0 Å². The van der Waals surface area contributed by atoms with Crippen LogP contribution in [-0.4, -0.2) is 30.5 Å². The number of hydrogen-bond acceptors (Lipinski definition) is 3. The van der Waals surface area contributed by atoms with Gasteiger partial charge < -0.3 is 14.0 Å². The summed E-state index contributed by atoms with van der Waals surface area (Å²) in [6.07, 6.45) is 5.82. The second-order valence-electron chi connectivity index (χ2n) is 6.51. The van der Waals surface area contributed by atoms with Crippen molar-refractivity contribution < 1.29 is 14.0 Å². The fraction of sp³-hybridized carbons (Fsp3) is 0.846. The van der Waals surface area contributed by atoms with Crippen LogP contribution in [0.5, 0.6) is 0 Å². The lowest BCUT2D eigenvalue weighted by Crippen LogP contribution is -2.41. The molecular formula is C13H21BO3. The van der Waals surface area contributed by atoms with Gasteiger partial charge in [0.05, 0.1) is 23.4 Å². The highest BCUT2D eigenvalue weighted by Crippen LogP contribution is 2.45. The van der Waals surface area contributed by atoms with Crippen LogP contribution in [0.25, 0.3) is 0 Å². The minimum atomic E-state index is -0.256. The lowest BCUT2D eigenvalue weighted by atomic mass is 9.73. The summed E-state index contributed by atoms with van der Waals surface area (Å²) in [4.78, 5) is 0. The van der Waals surface area contributed by atoms with E-state index in [0.29, 0.717) is 6.61 Å². The normalized spacial score (nSPS) is 32.7. The van der Waals surface area contributed by atoms with E-state index in [0.717, 1.165) is 12.8 Å². The van der Waals surface area contributed by atoms with Crippen LogP contribution in [-0.2, 0) is 14.0 Å². The molecular weight excluding hydrogens is 215 g/mol. The average Bonchev–Trinajstić information content (AvgIpc) is 2.66. The summed E-state index contributed by atoms with van der Waals surface area (Å²) >= 11 is 0. The molecule has 2 heterocycles. The van der Waals surface area contributed by atoms with Crippen LogP contribution in [0.3, 0.4) is 0 Å². The molecule has 0 amide bonds. The third kappa shape index (κ3) is 1.69. The van der Waals surface area contributed by atoms with Gasteiger partial charge in [-0.25, -0.2) is 0 Å². The van der Waals surface area contributed by atoms with E-state index in [9.17, 15) is 0 Å². The SMILES string of the molecule is CC1(C)OB(C2=CC3(CCC3)OC2)OC1(C)C. The molecule has 0 aromatic rings. The van der Waals surface area contributed by atoms with Crippen LogP contribution in [0.4, 0.5) is 0 Å². The maximum Gasteiger partial charge on any atom is 0.492 e. The summed E-state index contributed by atoms with van der Waals surface area (Å²) in [5, 5.41) is 0. The zero-order valence-electron chi connectivity index (χ0n) is 11.2. The summed E-state index contributed by atoms with van der Waals surface area (Å²) < 4.78 is 18.0. The standard InChI is InChI=1S/C13H21BO3/c1-11(2)12(3,4)17-14(16-11)10-8-13(15-9-10)6-5-7-13/h8H,5-7,9H2,1-4H3. The molecule has 3 rings (SSSR count). The first-order valence-corrected chi connectivity index (χ1v) is 6.55. The van der Waals surface area contributed by atoms with Crippen LogP contribution in [0.2, 0.25) is 0 Å². The lowest BCUT2D eigenvalue weighted by Gasteiger charge is -2.35. The van der Waals surface area contributed by atoms with Gasteiger partial charge in [0.15, 0.2) is 0 Å². The Morgan fingerprint density at radius 3 is 2.06 bits per heavy atom. The molecule has 2 fully saturated rings. The Kier molecular flexibility index (Phi) is 2.33. The average molecular weight is 236 g/mol.